The van der Waals surface area contributed by atoms with Crippen LogP contribution in [-0.4, -0.2) is 17.4 Å². The van der Waals surface area contributed by atoms with E-state index in [1.807, 2.05) is 12.1 Å². The molecule has 0 amide bonds. The van der Waals surface area contributed by atoms with Crippen molar-refractivity contribution in [2.45, 2.75) is 25.0 Å². The molecule has 1 saturated heterocycles. The van der Waals surface area contributed by atoms with E-state index in [0.29, 0.717) is 0 Å². The molecule has 3 nitrogen and oxygen atoms in total. The highest BCUT2D eigenvalue weighted by molar-refractivity contribution is 5.56. The molecular weight excluding hydrogens is 166 g/mol. The first kappa shape index (κ1) is 8.38. The van der Waals surface area contributed by atoms with Gasteiger partial charge in [0.2, 0.25) is 0 Å². The van der Waals surface area contributed by atoms with Gasteiger partial charge in [-0.2, -0.15) is 0 Å². The van der Waals surface area contributed by atoms with Gasteiger partial charge in [-0.05, 0) is 30.5 Å². The number of rotatable bonds is 2. The van der Waals surface area contributed by atoms with Crippen molar-refractivity contribution in [3.63, 3.8) is 0 Å². The van der Waals surface area contributed by atoms with Crippen molar-refractivity contribution in [2.24, 2.45) is 0 Å². The summed E-state index contributed by atoms with van der Waals surface area (Å²) in [6, 6.07) is 3.86. The molecule has 1 aliphatic heterocycles. The summed E-state index contributed by atoms with van der Waals surface area (Å²) < 4.78 is 5.50. The van der Waals surface area contributed by atoms with Crippen LogP contribution in [0, 0.1) is 0 Å². The van der Waals surface area contributed by atoms with Crippen LogP contribution in [0.15, 0.2) is 24.5 Å². The van der Waals surface area contributed by atoms with Gasteiger partial charge in [0.05, 0.1) is 6.10 Å². The molecule has 2 atom stereocenters. The lowest BCUT2D eigenvalue weighted by Gasteiger charge is -2.09. The number of pyridine rings is 1. The number of hydrogen-bond donors (Lipinski definition) is 0. The fourth-order valence-corrected chi connectivity index (χ4v) is 1.59. The Kier molecular flexibility index (Phi) is 2.36. The van der Waals surface area contributed by atoms with Crippen molar-refractivity contribution in [3.8, 4) is 0 Å². The van der Waals surface area contributed by atoms with Crippen molar-refractivity contribution in [2.75, 3.05) is 0 Å². The summed E-state index contributed by atoms with van der Waals surface area (Å²) in [5, 5.41) is 0. The highest BCUT2D eigenvalue weighted by atomic mass is 16.5. The van der Waals surface area contributed by atoms with E-state index in [9.17, 15) is 4.79 Å². The Bertz CT molecular complexity index is 286. The third kappa shape index (κ3) is 1.75. The summed E-state index contributed by atoms with van der Waals surface area (Å²) in [5.74, 6) is 0. The van der Waals surface area contributed by atoms with Gasteiger partial charge < -0.3 is 9.53 Å². The van der Waals surface area contributed by atoms with Gasteiger partial charge in [-0.25, -0.2) is 0 Å². The highest BCUT2D eigenvalue weighted by Gasteiger charge is 2.25. The quantitative estimate of drug-likeness (QED) is 0.642. The normalized spacial score (nSPS) is 27.4. The largest absolute Gasteiger partial charge is 0.363 e. The molecule has 13 heavy (non-hydrogen) atoms. The Morgan fingerprint density at radius 1 is 1.38 bits per heavy atom. The SMILES string of the molecule is O=CC1CCC(c2ccncc2)O1. The molecule has 0 aliphatic carbocycles. The number of carbonyl (C=O) groups is 1. The molecule has 1 aromatic heterocycles. The van der Waals surface area contributed by atoms with E-state index in [1.165, 1.54) is 0 Å². The van der Waals surface area contributed by atoms with E-state index in [4.69, 9.17) is 4.74 Å². The molecule has 1 aliphatic rings. The number of aromatic nitrogens is 1. The second kappa shape index (κ2) is 3.66. The Morgan fingerprint density at radius 3 is 2.77 bits per heavy atom. The van der Waals surface area contributed by atoms with E-state index < -0.39 is 0 Å². The number of nitrogens with zero attached hydrogens (tertiary/aromatic N) is 1. The van der Waals surface area contributed by atoms with E-state index in [2.05, 4.69) is 4.98 Å². The summed E-state index contributed by atoms with van der Waals surface area (Å²) in [6.07, 6.45) is 5.99. The Morgan fingerprint density at radius 2 is 2.15 bits per heavy atom. The fraction of sp³-hybridized carbons (Fsp3) is 0.400. The van der Waals surface area contributed by atoms with Crippen LogP contribution in [-0.2, 0) is 9.53 Å². The number of aldehydes is 1. The fourth-order valence-electron chi connectivity index (χ4n) is 1.59. The van der Waals surface area contributed by atoms with Gasteiger partial charge in [0, 0.05) is 12.4 Å². The third-order valence-electron chi connectivity index (χ3n) is 2.28. The monoisotopic (exact) mass is 177 g/mol. The molecule has 0 spiro atoms. The van der Waals surface area contributed by atoms with E-state index in [0.717, 1.165) is 24.7 Å². The molecule has 2 heterocycles. The average molecular weight is 177 g/mol. The van der Waals surface area contributed by atoms with E-state index >= 15 is 0 Å². The van der Waals surface area contributed by atoms with Crippen LogP contribution in [0.25, 0.3) is 0 Å². The molecule has 1 aromatic rings. The van der Waals surface area contributed by atoms with Crippen molar-refractivity contribution >= 4 is 6.29 Å². The standard InChI is InChI=1S/C10H11NO2/c12-7-9-1-2-10(13-9)8-3-5-11-6-4-8/h3-7,9-10H,1-2H2. The van der Waals surface area contributed by atoms with Crippen molar-refractivity contribution in [3.05, 3.63) is 30.1 Å². The summed E-state index contributed by atoms with van der Waals surface area (Å²) in [7, 11) is 0. The topological polar surface area (TPSA) is 39.2 Å². The van der Waals surface area contributed by atoms with Crippen LogP contribution in [0.1, 0.15) is 24.5 Å². The minimum Gasteiger partial charge on any atom is -0.363 e. The predicted molar refractivity (Wildman–Crippen MR) is 47.1 cm³/mol. The molecule has 2 unspecified atom stereocenters. The molecule has 0 saturated carbocycles. The molecule has 68 valence electrons. The van der Waals surface area contributed by atoms with Gasteiger partial charge in [0.25, 0.3) is 0 Å². The predicted octanol–water partition coefficient (Wildman–Crippen LogP) is 1.50. The first-order chi connectivity index (χ1) is 6.40. The van der Waals surface area contributed by atoms with E-state index in [1.54, 1.807) is 12.4 Å². The lowest BCUT2D eigenvalue weighted by atomic mass is 10.1. The van der Waals surface area contributed by atoms with Gasteiger partial charge in [-0.3, -0.25) is 4.98 Å². The molecule has 0 aromatic carbocycles. The van der Waals surface area contributed by atoms with Crippen LogP contribution in [0.2, 0.25) is 0 Å². The van der Waals surface area contributed by atoms with Gasteiger partial charge in [0.15, 0.2) is 0 Å². The third-order valence-corrected chi connectivity index (χ3v) is 2.28. The second-order valence-electron chi connectivity index (χ2n) is 3.16. The van der Waals surface area contributed by atoms with Crippen LogP contribution in [0.4, 0.5) is 0 Å². The summed E-state index contributed by atoms with van der Waals surface area (Å²) in [6.45, 7) is 0. The molecule has 0 N–H and O–H groups in total. The summed E-state index contributed by atoms with van der Waals surface area (Å²) >= 11 is 0. The molecule has 0 radical (unpaired) electrons. The highest BCUT2D eigenvalue weighted by Crippen LogP contribution is 2.31. The van der Waals surface area contributed by atoms with Crippen LogP contribution < -0.4 is 0 Å². The maximum atomic E-state index is 10.4. The lowest BCUT2D eigenvalue weighted by molar-refractivity contribution is -0.117. The molecule has 2 rings (SSSR count). The van der Waals surface area contributed by atoms with Gasteiger partial charge in [-0.15, -0.1) is 0 Å². The number of carbonyl (C=O) groups excluding carboxylic acids is 1. The van der Waals surface area contributed by atoms with Crippen molar-refractivity contribution < 1.29 is 9.53 Å². The zero-order chi connectivity index (χ0) is 9.10. The maximum Gasteiger partial charge on any atom is 0.148 e. The van der Waals surface area contributed by atoms with Crippen molar-refractivity contribution in [1.82, 2.24) is 4.98 Å². The second-order valence-corrected chi connectivity index (χ2v) is 3.16. The molecular formula is C10H11NO2. The zero-order valence-corrected chi connectivity index (χ0v) is 7.22. The Balaban J connectivity index is 2.08. The minimum absolute atomic E-state index is 0.0817. The Hall–Kier alpha value is -1.22. The van der Waals surface area contributed by atoms with Crippen LogP contribution in [0.3, 0.4) is 0 Å². The summed E-state index contributed by atoms with van der Waals surface area (Å²) in [4.78, 5) is 14.4. The first-order valence-electron chi connectivity index (χ1n) is 4.41. The lowest BCUT2D eigenvalue weighted by Crippen LogP contribution is -2.07. The van der Waals surface area contributed by atoms with Crippen LogP contribution in [0.5, 0.6) is 0 Å². The average Bonchev–Trinajstić information content (AvgIpc) is 2.67. The summed E-state index contributed by atoms with van der Waals surface area (Å²) in [5.41, 5.74) is 1.11. The molecule has 3 heteroatoms. The van der Waals surface area contributed by atoms with Crippen LogP contribution >= 0.6 is 0 Å². The number of ether oxygens (including phenoxy) is 1. The molecule has 0 bridgehead atoms. The van der Waals surface area contributed by atoms with E-state index in [-0.39, 0.29) is 12.2 Å². The zero-order valence-electron chi connectivity index (χ0n) is 7.22. The van der Waals surface area contributed by atoms with Gasteiger partial charge >= 0.3 is 0 Å². The Labute approximate surface area is 76.7 Å². The first-order valence-corrected chi connectivity index (χ1v) is 4.41. The maximum absolute atomic E-state index is 10.4. The van der Waals surface area contributed by atoms with Crippen molar-refractivity contribution in [1.29, 1.82) is 0 Å². The molecule has 1 fully saturated rings. The smallest absolute Gasteiger partial charge is 0.148 e. The van der Waals surface area contributed by atoms with Gasteiger partial charge in [0.1, 0.15) is 12.4 Å². The number of hydrogen-bond acceptors (Lipinski definition) is 3. The minimum atomic E-state index is -0.210. The van der Waals surface area contributed by atoms with Gasteiger partial charge in [-0.1, -0.05) is 0 Å².